The fourth-order valence-electron chi connectivity index (χ4n) is 1.52. The smallest absolute Gasteiger partial charge is 0.141 e. The third-order valence-corrected chi connectivity index (χ3v) is 2.49. The Balaban J connectivity index is 2.53. The van der Waals surface area contributed by atoms with Crippen LogP contribution in [0, 0.1) is 13.8 Å². The van der Waals surface area contributed by atoms with Crippen molar-refractivity contribution in [3.63, 3.8) is 0 Å². The molecule has 1 N–H and O–H groups in total. The van der Waals surface area contributed by atoms with Gasteiger partial charge < -0.3 is 9.72 Å². The highest BCUT2D eigenvalue weighted by molar-refractivity contribution is 5.64. The third-order valence-electron chi connectivity index (χ3n) is 2.49. The van der Waals surface area contributed by atoms with Crippen molar-refractivity contribution in [3.05, 3.63) is 35.7 Å². The molecule has 0 aliphatic rings. The number of benzene rings is 1. The minimum atomic E-state index is 0.839. The molecule has 3 nitrogen and oxygen atoms in total. The second-order valence-electron chi connectivity index (χ2n) is 3.50. The first-order valence-corrected chi connectivity index (χ1v) is 4.89. The minimum Gasteiger partial charge on any atom is -0.496 e. The lowest BCUT2D eigenvalue weighted by molar-refractivity contribution is 0.416. The highest BCUT2D eigenvalue weighted by Crippen LogP contribution is 2.27. The van der Waals surface area contributed by atoms with E-state index in [2.05, 4.69) is 9.97 Å². The van der Waals surface area contributed by atoms with Crippen molar-refractivity contribution in [2.75, 3.05) is 7.11 Å². The summed E-state index contributed by atoms with van der Waals surface area (Å²) in [7, 11) is 1.67. The second-order valence-corrected chi connectivity index (χ2v) is 3.50. The van der Waals surface area contributed by atoms with Crippen LogP contribution in [0.15, 0.2) is 24.3 Å². The number of nitrogens with one attached hydrogen (secondary N) is 1. The summed E-state index contributed by atoms with van der Waals surface area (Å²) in [6.07, 6.45) is 0. The molecule has 2 aromatic rings. The fraction of sp³-hybridized carbons (Fsp3) is 0.250. The van der Waals surface area contributed by atoms with Gasteiger partial charge in [-0.2, -0.15) is 0 Å². The van der Waals surface area contributed by atoms with Crippen LogP contribution in [-0.4, -0.2) is 17.1 Å². The van der Waals surface area contributed by atoms with E-state index in [0.29, 0.717) is 0 Å². The molecule has 0 unspecified atom stereocenters. The monoisotopic (exact) mass is 202 g/mol. The molecule has 0 amide bonds. The van der Waals surface area contributed by atoms with Gasteiger partial charge in [0.25, 0.3) is 0 Å². The van der Waals surface area contributed by atoms with Gasteiger partial charge in [-0.15, -0.1) is 0 Å². The molecule has 0 radical (unpaired) electrons. The van der Waals surface area contributed by atoms with Crippen molar-refractivity contribution < 1.29 is 4.74 Å². The van der Waals surface area contributed by atoms with Gasteiger partial charge in [-0.05, 0) is 26.0 Å². The molecule has 0 atom stereocenters. The molecule has 0 saturated heterocycles. The summed E-state index contributed by atoms with van der Waals surface area (Å²) in [4.78, 5) is 7.70. The summed E-state index contributed by atoms with van der Waals surface area (Å²) in [5.74, 6) is 1.70. The number of aromatic nitrogens is 2. The van der Waals surface area contributed by atoms with Gasteiger partial charge >= 0.3 is 0 Å². The lowest BCUT2D eigenvalue weighted by Crippen LogP contribution is -1.88. The van der Waals surface area contributed by atoms with E-state index < -0.39 is 0 Å². The number of para-hydroxylation sites is 1. The molecule has 0 spiro atoms. The zero-order chi connectivity index (χ0) is 10.8. The standard InChI is InChI=1S/C12H14N2O/c1-8-9(2)14-12(13-8)10-6-4-5-7-11(10)15-3/h4-7H,1-3H3,(H,13,14). The van der Waals surface area contributed by atoms with Gasteiger partial charge in [0.2, 0.25) is 0 Å². The molecule has 0 saturated carbocycles. The van der Waals surface area contributed by atoms with E-state index in [1.807, 2.05) is 38.1 Å². The first-order chi connectivity index (χ1) is 7.22. The van der Waals surface area contributed by atoms with E-state index >= 15 is 0 Å². The molecular weight excluding hydrogens is 188 g/mol. The van der Waals surface area contributed by atoms with Crippen molar-refractivity contribution in [2.45, 2.75) is 13.8 Å². The number of aryl methyl sites for hydroxylation is 2. The number of nitrogens with zero attached hydrogens (tertiary/aromatic N) is 1. The van der Waals surface area contributed by atoms with Crippen molar-refractivity contribution in [1.82, 2.24) is 9.97 Å². The third kappa shape index (κ3) is 1.73. The summed E-state index contributed by atoms with van der Waals surface area (Å²) in [5, 5.41) is 0. The average Bonchev–Trinajstić information content (AvgIpc) is 2.59. The number of rotatable bonds is 2. The topological polar surface area (TPSA) is 37.9 Å². The highest BCUT2D eigenvalue weighted by Gasteiger charge is 2.09. The second kappa shape index (κ2) is 3.77. The van der Waals surface area contributed by atoms with E-state index in [0.717, 1.165) is 28.5 Å². The normalized spacial score (nSPS) is 10.3. The number of aromatic amines is 1. The van der Waals surface area contributed by atoms with E-state index in [-0.39, 0.29) is 0 Å². The predicted octanol–water partition coefficient (Wildman–Crippen LogP) is 2.70. The largest absolute Gasteiger partial charge is 0.496 e. The Bertz CT molecular complexity index is 455. The van der Waals surface area contributed by atoms with Crippen molar-refractivity contribution in [2.24, 2.45) is 0 Å². The Morgan fingerprint density at radius 2 is 1.93 bits per heavy atom. The van der Waals surface area contributed by atoms with Crippen LogP contribution in [0.5, 0.6) is 5.75 Å². The van der Waals surface area contributed by atoms with Crippen LogP contribution in [-0.2, 0) is 0 Å². The van der Waals surface area contributed by atoms with Crippen LogP contribution in [0.25, 0.3) is 11.4 Å². The Hall–Kier alpha value is -1.77. The molecule has 15 heavy (non-hydrogen) atoms. The average molecular weight is 202 g/mol. The molecule has 1 aromatic heterocycles. The van der Waals surface area contributed by atoms with E-state index in [9.17, 15) is 0 Å². The zero-order valence-electron chi connectivity index (χ0n) is 9.16. The van der Waals surface area contributed by atoms with Crippen LogP contribution < -0.4 is 4.74 Å². The number of H-pyrrole nitrogens is 1. The number of hydrogen-bond donors (Lipinski definition) is 1. The van der Waals surface area contributed by atoms with Crippen molar-refractivity contribution >= 4 is 0 Å². The lowest BCUT2D eigenvalue weighted by atomic mass is 10.2. The first kappa shape index (κ1) is 9.77. The van der Waals surface area contributed by atoms with E-state index in [1.54, 1.807) is 7.11 Å². The van der Waals surface area contributed by atoms with Gasteiger partial charge in [-0.3, -0.25) is 0 Å². The summed E-state index contributed by atoms with van der Waals surface area (Å²) in [6, 6.07) is 7.86. The molecule has 0 bridgehead atoms. The molecule has 3 heteroatoms. The Morgan fingerprint density at radius 3 is 2.53 bits per heavy atom. The minimum absolute atomic E-state index is 0.839. The van der Waals surface area contributed by atoms with Crippen LogP contribution in [0.4, 0.5) is 0 Å². The van der Waals surface area contributed by atoms with Crippen LogP contribution in [0.2, 0.25) is 0 Å². The quantitative estimate of drug-likeness (QED) is 0.813. The van der Waals surface area contributed by atoms with Gasteiger partial charge in [-0.1, -0.05) is 12.1 Å². The molecule has 2 rings (SSSR count). The predicted molar refractivity (Wildman–Crippen MR) is 60.0 cm³/mol. The zero-order valence-corrected chi connectivity index (χ0v) is 9.16. The number of methoxy groups -OCH3 is 1. The summed E-state index contributed by atoms with van der Waals surface area (Å²) >= 11 is 0. The number of imidazole rings is 1. The molecule has 0 fully saturated rings. The Kier molecular flexibility index (Phi) is 2.46. The fourth-order valence-corrected chi connectivity index (χ4v) is 1.52. The van der Waals surface area contributed by atoms with Crippen molar-refractivity contribution in [3.8, 4) is 17.1 Å². The van der Waals surface area contributed by atoms with Crippen molar-refractivity contribution in [1.29, 1.82) is 0 Å². The molecule has 0 aliphatic heterocycles. The maximum absolute atomic E-state index is 5.29. The van der Waals surface area contributed by atoms with Gasteiger partial charge in [0.1, 0.15) is 11.6 Å². The van der Waals surface area contributed by atoms with E-state index in [4.69, 9.17) is 4.74 Å². The van der Waals surface area contributed by atoms with Crippen LogP contribution >= 0.6 is 0 Å². The van der Waals surface area contributed by atoms with Gasteiger partial charge in [0, 0.05) is 5.69 Å². The van der Waals surface area contributed by atoms with Gasteiger partial charge in [0.05, 0.1) is 18.4 Å². The van der Waals surface area contributed by atoms with Crippen LogP contribution in [0.1, 0.15) is 11.4 Å². The summed E-state index contributed by atoms with van der Waals surface area (Å²) in [5.41, 5.74) is 3.11. The summed E-state index contributed by atoms with van der Waals surface area (Å²) in [6.45, 7) is 4.01. The number of hydrogen-bond acceptors (Lipinski definition) is 2. The van der Waals surface area contributed by atoms with Gasteiger partial charge in [-0.25, -0.2) is 4.98 Å². The SMILES string of the molecule is COc1ccccc1-c1nc(C)c(C)[nH]1. The first-order valence-electron chi connectivity index (χ1n) is 4.89. The molecule has 1 aromatic carbocycles. The van der Waals surface area contributed by atoms with E-state index in [1.165, 1.54) is 0 Å². The molecule has 1 heterocycles. The maximum Gasteiger partial charge on any atom is 0.141 e. The van der Waals surface area contributed by atoms with Crippen LogP contribution in [0.3, 0.4) is 0 Å². The Labute approximate surface area is 89.1 Å². The summed E-state index contributed by atoms with van der Waals surface area (Å²) < 4.78 is 5.29. The Morgan fingerprint density at radius 1 is 1.20 bits per heavy atom. The lowest BCUT2D eigenvalue weighted by Gasteiger charge is -2.04. The molecule has 78 valence electrons. The maximum atomic E-state index is 5.29. The number of ether oxygens (including phenoxy) is 1. The van der Waals surface area contributed by atoms with Gasteiger partial charge in [0.15, 0.2) is 0 Å². The molecular formula is C12H14N2O. The highest BCUT2D eigenvalue weighted by atomic mass is 16.5. The molecule has 0 aliphatic carbocycles.